The van der Waals surface area contributed by atoms with Gasteiger partial charge < -0.3 is 20.3 Å². The number of aliphatic hydroxyl groups is 2. The van der Waals surface area contributed by atoms with Crippen LogP contribution in [0, 0.1) is 0 Å². The highest BCUT2D eigenvalue weighted by Gasteiger charge is 2.20. The fourth-order valence-electron chi connectivity index (χ4n) is 7.79. The average molecular weight is 818 g/mol. The zero-order chi connectivity index (χ0) is 42.3. The van der Waals surface area contributed by atoms with E-state index >= 15 is 0 Å². The molecule has 0 aromatic carbocycles. The Balaban J connectivity index is 3.47. The Kier molecular flexibility index (Phi) is 46.6. The molecule has 0 fully saturated rings. The first kappa shape index (κ1) is 56.3. The molecule has 0 rings (SSSR count). The molecule has 0 aliphatic rings. The Morgan fingerprint density at radius 3 is 1.33 bits per heavy atom. The van der Waals surface area contributed by atoms with E-state index in [-0.39, 0.29) is 18.5 Å². The molecular formula is C52H99NO5. The van der Waals surface area contributed by atoms with Crippen LogP contribution in [0.4, 0.5) is 0 Å². The first-order chi connectivity index (χ1) is 28.5. The molecule has 0 aromatic rings. The van der Waals surface area contributed by atoms with E-state index < -0.39 is 12.1 Å². The van der Waals surface area contributed by atoms with Crippen molar-refractivity contribution in [2.75, 3.05) is 13.2 Å². The Morgan fingerprint density at radius 1 is 0.483 bits per heavy atom. The van der Waals surface area contributed by atoms with Gasteiger partial charge in [-0.3, -0.25) is 9.59 Å². The van der Waals surface area contributed by atoms with Gasteiger partial charge in [0.25, 0.3) is 0 Å². The largest absolute Gasteiger partial charge is 0.466 e. The molecule has 0 aliphatic carbocycles. The lowest BCUT2D eigenvalue weighted by molar-refractivity contribution is -0.143. The third-order valence-electron chi connectivity index (χ3n) is 11.8. The number of hydrogen-bond acceptors (Lipinski definition) is 5. The highest BCUT2D eigenvalue weighted by molar-refractivity contribution is 5.76. The molecule has 58 heavy (non-hydrogen) atoms. The number of amides is 1. The molecule has 342 valence electrons. The van der Waals surface area contributed by atoms with Crippen LogP contribution in [-0.2, 0) is 14.3 Å². The quantitative estimate of drug-likeness (QED) is 0.0323. The van der Waals surface area contributed by atoms with Crippen molar-refractivity contribution in [1.82, 2.24) is 5.32 Å². The summed E-state index contributed by atoms with van der Waals surface area (Å²) in [5.74, 6) is -0.0849. The number of unbranched alkanes of at least 4 members (excludes halogenated alkanes) is 32. The summed E-state index contributed by atoms with van der Waals surface area (Å²) in [5.41, 5.74) is 0. The van der Waals surface area contributed by atoms with Gasteiger partial charge in [0.15, 0.2) is 0 Å². The second-order valence-corrected chi connectivity index (χ2v) is 17.5. The first-order valence-electron chi connectivity index (χ1n) is 25.6. The number of carbonyl (C=O) groups excluding carboxylic acids is 2. The third-order valence-corrected chi connectivity index (χ3v) is 11.8. The van der Waals surface area contributed by atoms with Gasteiger partial charge in [0.05, 0.1) is 25.4 Å². The number of rotatable bonds is 47. The number of carbonyl (C=O) groups is 2. The van der Waals surface area contributed by atoms with Crippen molar-refractivity contribution in [3.05, 3.63) is 24.3 Å². The van der Waals surface area contributed by atoms with Crippen LogP contribution < -0.4 is 5.32 Å². The van der Waals surface area contributed by atoms with E-state index in [1.165, 1.54) is 173 Å². The fourth-order valence-corrected chi connectivity index (χ4v) is 7.79. The summed E-state index contributed by atoms with van der Waals surface area (Å²) in [7, 11) is 0. The molecule has 0 heterocycles. The highest BCUT2D eigenvalue weighted by atomic mass is 16.5. The maximum Gasteiger partial charge on any atom is 0.305 e. The zero-order valence-electron chi connectivity index (χ0n) is 38.8. The minimum absolute atomic E-state index is 0.0263. The second-order valence-electron chi connectivity index (χ2n) is 17.5. The van der Waals surface area contributed by atoms with Crippen LogP contribution in [0.2, 0.25) is 0 Å². The van der Waals surface area contributed by atoms with Crippen molar-refractivity contribution in [3.8, 4) is 0 Å². The van der Waals surface area contributed by atoms with Crippen molar-refractivity contribution in [2.24, 2.45) is 0 Å². The first-order valence-corrected chi connectivity index (χ1v) is 25.6. The molecule has 0 bridgehead atoms. The van der Waals surface area contributed by atoms with Gasteiger partial charge in [-0.15, -0.1) is 0 Å². The molecular weight excluding hydrogens is 719 g/mol. The van der Waals surface area contributed by atoms with Gasteiger partial charge >= 0.3 is 5.97 Å². The van der Waals surface area contributed by atoms with Gasteiger partial charge in [0.2, 0.25) is 5.91 Å². The molecule has 1 amide bonds. The number of esters is 1. The molecule has 0 aliphatic heterocycles. The number of aliphatic hydroxyl groups excluding tert-OH is 2. The Labute approximate surface area is 361 Å². The van der Waals surface area contributed by atoms with Crippen LogP contribution in [0.1, 0.15) is 271 Å². The summed E-state index contributed by atoms with van der Waals surface area (Å²) >= 11 is 0. The molecule has 2 atom stereocenters. The average Bonchev–Trinajstić information content (AvgIpc) is 3.22. The van der Waals surface area contributed by atoms with E-state index in [0.29, 0.717) is 25.9 Å². The maximum atomic E-state index is 12.4. The molecule has 0 saturated heterocycles. The predicted molar refractivity (Wildman–Crippen MR) is 250 cm³/mol. The lowest BCUT2D eigenvalue weighted by Crippen LogP contribution is -2.45. The van der Waals surface area contributed by atoms with Gasteiger partial charge in [-0.25, -0.2) is 0 Å². The van der Waals surface area contributed by atoms with Crippen LogP contribution >= 0.6 is 0 Å². The Hall–Kier alpha value is -1.66. The minimum Gasteiger partial charge on any atom is -0.466 e. The lowest BCUT2D eigenvalue weighted by atomic mass is 10.0. The molecule has 0 saturated carbocycles. The van der Waals surface area contributed by atoms with Crippen LogP contribution in [0.25, 0.3) is 0 Å². The number of ether oxygens (including phenoxy) is 1. The Bertz CT molecular complexity index is 904. The summed E-state index contributed by atoms with van der Waals surface area (Å²) in [5, 5.41) is 23.2. The highest BCUT2D eigenvalue weighted by Crippen LogP contribution is 2.16. The van der Waals surface area contributed by atoms with Gasteiger partial charge in [-0.1, -0.05) is 224 Å². The van der Waals surface area contributed by atoms with Crippen molar-refractivity contribution in [3.63, 3.8) is 0 Å². The van der Waals surface area contributed by atoms with Crippen molar-refractivity contribution < 1.29 is 24.5 Å². The lowest BCUT2D eigenvalue weighted by Gasteiger charge is -2.22. The maximum absolute atomic E-state index is 12.4. The second kappa shape index (κ2) is 48.0. The normalized spacial score (nSPS) is 12.8. The standard InChI is InChI=1S/C52H99NO5/c1-3-5-7-9-11-13-15-17-18-19-20-21-23-25-30-34-38-42-46-52(57)58-47-43-39-35-31-27-26-29-33-37-41-45-51(56)53-49(48-54)50(55)44-40-36-32-28-24-22-16-14-12-10-8-6-4-2/h13,15,18-19,49-50,54-55H,3-12,14,16-17,20-48H2,1-2H3,(H,53,56)/b15-13-,19-18-. The smallest absolute Gasteiger partial charge is 0.305 e. The molecule has 0 aromatic heterocycles. The third kappa shape index (κ3) is 43.9. The van der Waals surface area contributed by atoms with Crippen molar-refractivity contribution in [1.29, 1.82) is 0 Å². The summed E-state index contributed by atoms with van der Waals surface area (Å²) in [6, 6.07) is -0.558. The SMILES string of the molecule is CCCCCC/C=C\C/C=C\CCCCCCCCCC(=O)OCCCCCCCCCCCCC(=O)NC(CO)C(O)CCCCCCCCCCCCCCC. The van der Waals surface area contributed by atoms with E-state index in [0.717, 1.165) is 64.2 Å². The van der Waals surface area contributed by atoms with Crippen LogP contribution in [-0.4, -0.2) is 47.4 Å². The molecule has 0 spiro atoms. The number of hydrogen-bond donors (Lipinski definition) is 3. The monoisotopic (exact) mass is 818 g/mol. The summed E-state index contributed by atoms with van der Waals surface area (Å²) < 4.78 is 5.46. The van der Waals surface area contributed by atoms with E-state index in [9.17, 15) is 19.8 Å². The minimum atomic E-state index is -0.678. The Morgan fingerprint density at radius 2 is 0.862 bits per heavy atom. The van der Waals surface area contributed by atoms with Crippen LogP contribution in [0.3, 0.4) is 0 Å². The molecule has 2 unspecified atom stereocenters. The summed E-state index contributed by atoms with van der Waals surface area (Å²) in [6.07, 6.45) is 55.7. The van der Waals surface area contributed by atoms with Crippen LogP contribution in [0.5, 0.6) is 0 Å². The van der Waals surface area contributed by atoms with E-state index in [1.54, 1.807) is 0 Å². The molecule has 6 nitrogen and oxygen atoms in total. The fraction of sp³-hybridized carbons (Fsp3) is 0.885. The van der Waals surface area contributed by atoms with Crippen molar-refractivity contribution in [2.45, 2.75) is 283 Å². The van der Waals surface area contributed by atoms with Crippen LogP contribution in [0.15, 0.2) is 24.3 Å². The topological polar surface area (TPSA) is 95.9 Å². The van der Waals surface area contributed by atoms with Gasteiger partial charge in [-0.2, -0.15) is 0 Å². The van der Waals surface area contributed by atoms with E-state index in [4.69, 9.17) is 4.74 Å². The van der Waals surface area contributed by atoms with E-state index in [1.807, 2.05) is 0 Å². The number of nitrogens with one attached hydrogen (secondary N) is 1. The molecule has 6 heteroatoms. The zero-order valence-corrected chi connectivity index (χ0v) is 38.8. The van der Waals surface area contributed by atoms with Crippen molar-refractivity contribution >= 4 is 11.9 Å². The predicted octanol–water partition coefficient (Wildman–Crippen LogP) is 15.1. The summed E-state index contributed by atoms with van der Waals surface area (Å²) in [4.78, 5) is 24.5. The molecule has 0 radical (unpaired) electrons. The van der Waals surface area contributed by atoms with Gasteiger partial charge in [-0.05, 0) is 57.8 Å². The van der Waals surface area contributed by atoms with Gasteiger partial charge in [0.1, 0.15) is 0 Å². The molecule has 3 N–H and O–H groups in total. The number of allylic oxidation sites excluding steroid dienone is 4. The van der Waals surface area contributed by atoms with Gasteiger partial charge in [0, 0.05) is 12.8 Å². The summed E-state index contributed by atoms with van der Waals surface area (Å²) in [6.45, 7) is 4.88. The van der Waals surface area contributed by atoms with E-state index in [2.05, 4.69) is 43.5 Å².